The molecule has 5 atom stereocenters. The highest BCUT2D eigenvalue weighted by molar-refractivity contribution is 5.85. The van der Waals surface area contributed by atoms with Gasteiger partial charge in [-0.25, -0.2) is 9.59 Å². The molecule has 3 aromatic rings. The fourth-order valence-corrected chi connectivity index (χ4v) is 5.09. The van der Waals surface area contributed by atoms with Gasteiger partial charge < -0.3 is 30.3 Å². The van der Waals surface area contributed by atoms with E-state index >= 15 is 0 Å². The van der Waals surface area contributed by atoms with Crippen LogP contribution in [0.15, 0.2) is 70.4 Å². The summed E-state index contributed by atoms with van der Waals surface area (Å²) < 4.78 is 12.1. The number of benzene rings is 2. The number of alkyl carbamates (subject to hydrolysis) is 1. The number of H-pyrrole nitrogens is 1. The first-order valence-electron chi connectivity index (χ1n) is 12.5. The Labute approximate surface area is 222 Å². The van der Waals surface area contributed by atoms with Crippen LogP contribution in [0.3, 0.4) is 0 Å². The largest absolute Gasteiger partial charge is 0.449 e. The summed E-state index contributed by atoms with van der Waals surface area (Å²) in [5, 5.41) is 25.2. The Morgan fingerprint density at radius 1 is 1.08 bits per heavy atom. The molecule has 1 fully saturated rings. The molecule has 12 nitrogen and oxygen atoms in total. The molecule has 5 rings (SSSR count). The average molecular weight is 537 g/mol. The first kappa shape index (κ1) is 26.4. The van der Waals surface area contributed by atoms with Crippen molar-refractivity contribution in [2.24, 2.45) is 0 Å². The van der Waals surface area contributed by atoms with Gasteiger partial charge in [0.15, 0.2) is 6.23 Å². The first-order valence-corrected chi connectivity index (χ1v) is 12.5. The third-order valence-electron chi connectivity index (χ3n) is 7.06. The molecule has 1 aliphatic heterocycles. The number of ether oxygens (including phenoxy) is 2. The number of aliphatic hydroxyl groups is 2. The van der Waals surface area contributed by atoms with Crippen LogP contribution in [0, 0.1) is 0 Å². The SMILES string of the molecule is C[C@@H](NC(=O)OCC1c2ccccc2-c2ccccc21)C(=O)NC1C(O)C(CO)OC1n1ccc(=O)[nH]c1=O. The van der Waals surface area contributed by atoms with E-state index in [4.69, 9.17) is 9.47 Å². The quantitative estimate of drug-likeness (QED) is 0.285. The van der Waals surface area contributed by atoms with Gasteiger partial charge in [-0.2, -0.15) is 0 Å². The van der Waals surface area contributed by atoms with Crippen LogP contribution >= 0.6 is 0 Å². The van der Waals surface area contributed by atoms with Crippen molar-refractivity contribution in [1.82, 2.24) is 20.2 Å². The summed E-state index contributed by atoms with van der Waals surface area (Å²) in [5.74, 6) is -0.831. The Bertz CT molecular complexity index is 1460. The van der Waals surface area contributed by atoms with Crippen molar-refractivity contribution >= 4 is 12.0 Å². The molecule has 1 aliphatic carbocycles. The molecular weight excluding hydrogens is 508 g/mol. The maximum atomic E-state index is 12.9. The number of hydrogen-bond acceptors (Lipinski definition) is 8. The third-order valence-corrected chi connectivity index (χ3v) is 7.06. The molecule has 5 N–H and O–H groups in total. The van der Waals surface area contributed by atoms with Crippen LogP contribution in [0.1, 0.15) is 30.2 Å². The molecule has 1 saturated heterocycles. The molecular formula is C27H28N4O8. The van der Waals surface area contributed by atoms with Crippen molar-refractivity contribution in [3.8, 4) is 11.1 Å². The second kappa shape index (κ2) is 10.8. The lowest BCUT2D eigenvalue weighted by Gasteiger charge is -2.25. The molecule has 0 radical (unpaired) electrons. The summed E-state index contributed by atoms with van der Waals surface area (Å²) in [4.78, 5) is 51.3. The number of rotatable bonds is 7. The van der Waals surface area contributed by atoms with E-state index in [2.05, 4.69) is 15.6 Å². The Balaban J connectivity index is 1.22. The molecule has 39 heavy (non-hydrogen) atoms. The third kappa shape index (κ3) is 5.09. The number of nitrogens with zero attached hydrogens (tertiary/aromatic N) is 1. The summed E-state index contributed by atoms with van der Waals surface area (Å²) >= 11 is 0. The van der Waals surface area contributed by atoms with E-state index in [9.17, 15) is 29.4 Å². The van der Waals surface area contributed by atoms with E-state index in [0.717, 1.165) is 39.1 Å². The minimum Gasteiger partial charge on any atom is -0.449 e. The lowest BCUT2D eigenvalue weighted by Crippen LogP contribution is -2.54. The number of aliphatic hydroxyl groups excluding tert-OH is 2. The highest BCUT2D eigenvalue weighted by Gasteiger charge is 2.46. The zero-order chi connectivity index (χ0) is 27.7. The number of aromatic amines is 1. The van der Waals surface area contributed by atoms with Crippen molar-refractivity contribution in [3.63, 3.8) is 0 Å². The maximum Gasteiger partial charge on any atom is 0.407 e. The minimum absolute atomic E-state index is 0.0682. The predicted octanol–water partition coefficient (Wildman–Crippen LogP) is 0.199. The van der Waals surface area contributed by atoms with Gasteiger partial charge in [0.05, 0.1) is 6.61 Å². The highest BCUT2D eigenvalue weighted by Crippen LogP contribution is 2.44. The average Bonchev–Trinajstić information content (AvgIpc) is 3.41. The monoisotopic (exact) mass is 536 g/mol. The predicted molar refractivity (Wildman–Crippen MR) is 138 cm³/mol. The maximum absolute atomic E-state index is 12.9. The fourth-order valence-electron chi connectivity index (χ4n) is 5.09. The van der Waals surface area contributed by atoms with Gasteiger partial charge in [-0.3, -0.25) is 19.1 Å². The number of aromatic nitrogens is 2. The molecule has 2 amide bonds. The number of hydrogen-bond donors (Lipinski definition) is 5. The number of fused-ring (bicyclic) bond motifs is 3. The molecule has 2 aromatic carbocycles. The van der Waals surface area contributed by atoms with Crippen LogP contribution in [0.25, 0.3) is 11.1 Å². The van der Waals surface area contributed by atoms with Gasteiger partial charge in [0.2, 0.25) is 5.91 Å². The summed E-state index contributed by atoms with van der Waals surface area (Å²) in [7, 11) is 0. The van der Waals surface area contributed by atoms with Crippen molar-refractivity contribution in [3.05, 3.63) is 92.8 Å². The first-order chi connectivity index (χ1) is 18.8. The van der Waals surface area contributed by atoms with Gasteiger partial charge in [0, 0.05) is 18.2 Å². The number of carbonyl (C=O) groups is 2. The van der Waals surface area contributed by atoms with Crippen molar-refractivity contribution in [2.75, 3.05) is 13.2 Å². The number of nitrogens with one attached hydrogen (secondary N) is 3. The lowest BCUT2D eigenvalue weighted by molar-refractivity contribution is -0.124. The van der Waals surface area contributed by atoms with Gasteiger partial charge in [0.1, 0.15) is 30.9 Å². The standard InChI is InChI=1S/C27H28N4O8/c1-14(24(35)30-22-23(34)20(12-32)39-25(22)31-11-10-21(33)29-26(31)36)28-27(37)38-13-19-17-8-4-2-6-15(17)16-7-3-5-9-18(16)19/h2-11,14,19-20,22-23,25,32,34H,12-13H2,1H3,(H,28,37)(H,30,35)(H,29,33,36)/t14-,20?,22?,23?,25?/m1/s1. The van der Waals surface area contributed by atoms with E-state index < -0.39 is 60.4 Å². The lowest BCUT2D eigenvalue weighted by atomic mass is 9.98. The molecule has 2 aliphatic rings. The van der Waals surface area contributed by atoms with Gasteiger partial charge >= 0.3 is 11.8 Å². The molecule has 204 valence electrons. The molecule has 1 aromatic heterocycles. The van der Waals surface area contributed by atoms with Crippen LogP contribution in [0.5, 0.6) is 0 Å². The zero-order valence-corrected chi connectivity index (χ0v) is 20.9. The summed E-state index contributed by atoms with van der Waals surface area (Å²) in [5.41, 5.74) is 2.83. The number of amides is 2. The molecule has 12 heteroatoms. The second-order valence-corrected chi connectivity index (χ2v) is 9.48. The summed E-state index contributed by atoms with van der Waals surface area (Å²) in [6.07, 6.45) is -3.32. The molecule has 4 unspecified atom stereocenters. The minimum atomic E-state index is -1.37. The summed E-state index contributed by atoms with van der Waals surface area (Å²) in [6.45, 7) is 0.929. The van der Waals surface area contributed by atoms with Crippen LogP contribution in [0.4, 0.5) is 4.79 Å². The molecule has 0 bridgehead atoms. The van der Waals surface area contributed by atoms with Crippen molar-refractivity contribution in [1.29, 1.82) is 0 Å². The van der Waals surface area contributed by atoms with Gasteiger partial charge in [0.25, 0.3) is 5.56 Å². The Morgan fingerprint density at radius 3 is 2.33 bits per heavy atom. The van der Waals surface area contributed by atoms with E-state index in [-0.39, 0.29) is 12.5 Å². The smallest absolute Gasteiger partial charge is 0.407 e. The van der Waals surface area contributed by atoms with Crippen LogP contribution in [-0.4, -0.2) is 69.3 Å². The van der Waals surface area contributed by atoms with Crippen LogP contribution < -0.4 is 21.9 Å². The summed E-state index contributed by atoms with van der Waals surface area (Å²) in [6, 6.07) is 14.7. The van der Waals surface area contributed by atoms with Gasteiger partial charge in [-0.15, -0.1) is 0 Å². The van der Waals surface area contributed by atoms with E-state index in [1.165, 1.54) is 6.92 Å². The van der Waals surface area contributed by atoms with Gasteiger partial charge in [-0.05, 0) is 29.2 Å². The van der Waals surface area contributed by atoms with Crippen molar-refractivity contribution < 1.29 is 29.3 Å². The van der Waals surface area contributed by atoms with E-state index in [0.29, 0.717) is 0 Å². The topological polar surface area (TPSA) is 172 Å². The highest BCUT2D eigenvalue weighted by atomic mass is 16.6. The van der Waals surface area contributed by atoms with E-state index in [1.54, 1.807) is 0 Å². The van der Waals surface area contributed by atoms with Gasteiger partial charge in [-0.1, -0.05) is 48.5 Å². The van der Waals surface area contributed by atoms with Crippen molar-refractivity contribution in [2.45, 2.75) is 43.4 Å². The molecule has 2 heterocycles. The Hall–Kier alpha value is -4.26. The van der Waals surface area contributed by atoms with Crippen LogP contribution in [-0.2, 0) is 14.3 Å². The van der Waals surface area contributed by atoms with Crippen LogP contribution in [0.2, 0.25) is 0 Å². The zero-order valence-electron chi connectivity index (χ0n) is 20.9. The fraction of sp³-hybridized carbons (Fsp3) is 0.333. The van der Waals surface area contributed by atoms with E-state index in [1.807, 2.05) is 48.5 Å². The normalized spacial score (nSPS) is 22.5. The second-order valence-electron chi connectivity index (χ2n) is 9.48. The Morgan fingerprint density at radius 2 is 1.72 bits per heavy atom. The Kier molecular flexibility index (Phi) is 7.33. The number of carbonyl (C=O) groups excluding carboxylic acids is 2. The molecule has 0 saturated carbocycles. The molecule has 0 spiro atoms.